The topological polar surface area (TPSA) is 9.23 Å². The van der Waals surface area contributed by atoms with Gasteiger partial charge in [0.25, 0.3) is 0 Å². The summed E-state index contributed by atoms with van der Waals surface area (Å²) >= 11 is 7.52. The molecule has 13 heavy (non-hydrogen) atoms. The molecular weight excluding hydrogens is 363 g/mol. The van der Waals surface area contributed by atoms with Crippen molar-refractivity contribution in [3.63, 3.8) is 0 Å². The highest BCUT2D eigenvalue weighted by atomic mass is 127. The maximum Gasteiger partial charge on any atom is 0.136 e. The van der Waals surface area contributed by atoms with Crippen molar-refractivity contribution in [2.24, 2.45) is 0 Å². The molecule has 0 spiro atoms. The fourth-order valence-electron chi connectivity index (χ4n) is 1.20. The zero-order valence-corrected chi connectivity index (χ0v) is 11.4. The lowest BCUT2D eigenvalue weighted by atomic mass is 10.2. The van der Waals surface area contributed by atoms with Gasteiger partial charge < -0.3 is 4.74 Å². The molecule has 2 aromatic rings. The van der Waals surface area contributed by atoms with Crippen LogP contribution < -0.4 is 4.74 Å². The van der Waals surface area contributed by atoms with Gasteiger partial charge in [0.2, 0.25) is 0 Å². The predicted octanol–water partition coefficient (Wildman–Crippen LogP) is 4.28. The lowest BCUT2D eigenvalue weighted by Crippen LogP contribution is -1.82. The van der Waals surface area contributed by atoms with Crippen molar-refractivity contribution in [1.29, 1.82) is 0 Å². The van der Waals surface area contributed by atoms with E-state index in [1.807, 2.05) is 6.07 Å². The molecule has 0 saturated heterocycles. The van der Waals surface area contributed by atoms with Crippen molar-refractivity contribution < 1.29 is 4.74 Å². The fourth-order valence-corrected chi connectivity index (χ4v) is 3.60. The standard InChI is InChI=1S/C9H6BrIOS/c1-12-7-3-2-6(11)5-4-8(10)13-9(5)7/h2-4H,1H3. The summed E-state index contributed by atoms with van der Waals surface area (Å²) in [6.45, 7) is 0. The second kappa shape index (κ2) is 3.74. The fraction of sp³-hybridized carbons (Fsp3) is 0.111. The molecule has 2 rings (SSSR count). The average molecular weight is 369 g/mol. The molecular formula is C9H6BrIOS. The predicted molar refractivity (Wildman–Crippen MR) is 68.8 cm³/mol. The summed E-state index contributed by atoms with van der Waals surface area (Å²) in [4.78, 5) is 0. The first-order chi connectivity index (χ1) is 6.22. The number of hydrogen-bond donors (Lipinski definition) is 0. The molecule has 68 valence electrons. The van der Waals surface area contributed by atoms with Crippen molar-refractivity contribution in [2.45, 2.75) is 0 Å². The van der Waals surface area contributed by atoms with E-state index in [2.05, 4.69) is 50.7 Å². The summed E-state index contributed by atoms with van der Waals surface area (Å²) in [6, 6.07) is 6.21. The monoisotopic (exact) mass is 368 g/mol. The Labute approximate surface area is 102 Å². The zero-order valence-electron chi connectivity index (χ0n) is 6.80. The highest BCUT2D eigenvalue weighted by molar-refractivity contribution is 14.1. The smallest absolute Gasteiger partial charge is 0.136 e. The molecule has 0 aliphatic heterocycles. The second-order valence-corrected chi connectivity index (χ2v) is 6.14. The first-order valence-corrected chi connectivity index (χ1v) is 6.32. The van der Waals surface area contributed by atoms with Gasteiger partial charge in [0.15, 0.2) is 0 Å². The first-order valence-electron chi connectivity index (χ1n) is 3.64. The van der Waals surface area contributed by atoms with Gasteiger partial charge in [-0.25, -0.2) is 0 Å². The van der Waals surface area contributed by atoms with Crippen LogP contribution >= 0.6 is 49.9 Å². The van der Waals surface area contributed by atoms with Gasteiger partial charge in [-0.05, 0) is 56.7 Å². The summed E-state index contributed by atoms with van der Waals surface area (Å²) in [5.41, 5.74) is 0. The molecule has 0 fully saturated rings. The van der Waals surface area contributed by atoms with Crippen LogP contribution in [0.2, 0.25) is 0 Å². The Morgan fingerprint density at radius 3 is 2.92 bits per heavy atom. The number of benzene rings is 1. The van der Waals surface area contributed by atoms with Gasteiger partial charge in [-0.2, -0.15) is 0 Å². The van der Waals surface area contributed by atoms with Crippen LogP contribution in [-0.2, 0) is 0 Å². The maximum absolute atomic E-state index is 5.28. The van der Waals surface area contributed by atoms with E-state index in [0.29, 0.717) is 0 Å². The molecule has 0 N–H and O–H groups in total. The third-order valence-electron chi connectivity index (χ3n) is 1.78. The van der Waals surface area contributed by atoms with E-state index in [9.17, 15) is 0 Å². The van der Waals surface area contributed by atoms with Crippen LogP contribution in [0.5, 0.6) is 5.75 Å². The molecule has 0 aliphatic rings. The third-order valence-corrected chi connectivity index (χ3v) is 4.38. The number of rotatable bonds is 1. The molecule has 1 nitrogen and oxygen atoms in total. The Bertz CT molecular complexity index is 452. The zero-order chi connectivity index (χ0) is 9.42. The molecule has 1 heterocycles. The quantitative estimate of drug-likeness (QED) is 0.683. The molecule has 0 saturated carbocycles. The van der Waals surface area contributed by atoms with Crippen LogP contribution in [0.1, 0.15) is 0 Å². The highest BCUT2D eigenvalue weighted by Gasteiger charge is 2.07. The Morgan fingerprint density at radius 2 is 2.23 bits per heavy atom. The lowest BCUT2D eigenvalue weighted by molar-refractivity contribution is 0.420. The van der Waals surface area contributed by atoms with E-state index in [1.165, 1.54) is 13.7 Å². The van der Waals surface area contributed by atoms with E-state index < -0.39 is 0 Å². The summed E-state index contributed by atoms with van der Waals surface area (Å²) in [5, 5.41) is 1.26. The summed E-state index contributed by atoms with van der Waals surface area (Å²) in [7, 11) is 1.70. The summed E-state index contributed by atoms with van der Waals surface area (Å²) < 4.78 is 8.89. The number of halogens is 2. The lowest BCUT2D eigenvalue weighted by Gasteiger charge is -2.01. The van der Waals surface area contributed by atoms with Gasteiger partial charge >= 0.3 is 0 Å². The summed E-state index contributed by atoms with van der Waals surface area (Å²) in [5.74, 6) is 0.950. The SMILES string of the molecule is COc1ccc(I)c2cc(Br)sc12. The molecule has 0 atom stereocenters. The maximum atomic E-state index is 5.28. The molecule has 0 unspecified atom stereocenters. The molecule has 0 amide bonds. The third kappa shape index (κ3) is 1.71. The normalized spacial score (nSPS) is 10.7. The van der Waals surface area contributed by atoms with Gasteiger partial charge in [-0.15, -0.1) is 11.3 Å². The van der Waals surface area contributed by atoms with Crippen molar-refractivity contribution in [3.05, 3.63) is 25.6 Å². The Hall–Kier alpha value is 0.190. The van der Waals surface area contributed by atoms with Crippen LogP contribution in [0.25, 0.3) is 10.1 Å². The number of hydrogen-bond acceptors (Lipinski definition) is 2. The average Bonchev–Trinajstić information content (AvgIpc) is 2.48. The van der Waals surface area contributed by atoms with Gasteiger partial charge in [0.1, 0.15) is 5.75 Å². The molecule has 0 bridgehead atoms. The summed E-state index contributed by atoms with van der Waals surface area (Å²) in [6.07, 6.45) is 0. The minimum atomic E-state index is 0.950. The number of methoxy groups -OCH3 is 1. The molecule has 0 radical (unpaired) electrons. The minimum Gasteiger partial charge on any atom is -0.495 e. The van der Waals surface area contributed by atoms with E-state index in [-0.39, 0.29) is 0 Å². The van der Waals surface area contributed by atoms with E-state index in [0.717, 1.165) is 9.54 Å². The van der Waals surface area contributed by atoms with Gasteiger partial charge in [-0.1, -0.05) is 0 Å². The van der Waals surface area contributed by atoms with E-state index in [4.69, 9.17) is 4.74 Å². The largest absolute Gasteiger partial charge is 0.495 e. The molecule has 0 aliphatic carbocycles. The van der Waals surface area contributed by atoms with Crippen LogP contribution in [0.15, 0.2) is 22.0 Å². The highest BCUT2D eigenvalue weighted by Crippen LogP contribution is 2.38. The molecule has 4 heteroatoms. The van der Waals surface area contributed by atoms with Crippen molar-refractivity contribution in [2.75, 3.05) is 7.11 Å². The van der Waals surface area contributed by atoms with Gasteiger partial charge in [0, 0.05) is 8.96 Å². The first kappa shape index (κ1) is 9.73. The van der Waals surface area contributed by atoms with Crippen LogP contribution in [-0.4, -0.2) is 7.11 Å². The molecule has 1 aromatic heterocycles. The second-order valence-electron chi connectivity index (χ2n) is 2.54. The number of thiophene rings is 1. The van der Waals surface area contributed by atoms with Crippen LogP contribution in [0, 0.1) is 3.57 Å². The van der Waals surface area contributed by atoms with E-state index in [1.54, 1.807) is 18.4 Å². The van der Waals surface area contributed by atoms with E-state index >= 15 is 0 Å². The van der Waals surface area contributed by atoms with Crippen molar-refractivity contribution in [1.82, 2.24) is 0 Å². The number of fused-ring (bicyclic) bond motifs is 1. The Balaban J connectivity index is 2.83. The van der Waals surface area contributed by atoms with Gasteiger partial charge in [0.05, 0.1) is 15.6 Å². The van der Waals surface area contributed by atoms with Crippen molar-refractivity contribution in [3.8, 4) is 5.75 Å². The van der Waals surface area contributed by atoms with Crippen LogP contribution in [0.3, 0.4) is 0 Å². The minimum absolute atomic E-state index is 0.950. The Morgan fingerprint density at radius 1 is 1.46 bits per heavy atom. The van der Waals surface area contributed by atoms with Gasteiger partial charge in [-0.3, -0.25) is 0 Å². The molecule has 1 aromatic carbocycles. The van der Waals surface area contributed by atoms with Crippen LogP contribution in [0.4, 0.5) is 0 Å². The Kier molecular flexibility index (Phi) is 2.80. The van der Waals surface area contributed by atoms with Crippen molar-refractivity contribution >= 4 is 59.9 Å². The number of ether oxygens (including phenoxy) is 1.